The van der Waals surface area contributed by atoms with Gasteiger partial charge >= 0.3 is 0 Å². The second-order valence-corrected chi connectivity index (χ2v) is 4.22. The lowest BCUT2D eigenvalue weighted by Gasteiger charge is -2.12. The molecule has 0 aromatic carbocycles. The zero-order chi connectivity index (χ0) is 13.4. The van der Waals surface area contributed by atoms with E-state index in [1.165, 1.54) is 4.90 Å². The number of rotatable bonds is 8. The van der Waals surface area contributed by atoms with Crippen molar-refractivity contribution in [2.75, 3.05) is 13.1 Å². The molecule has 3 amide bonds. The predicted molar refractivity (Wildman–Crippen MR) is 63.5 cm³/mol. The summed E-state index contributed by atoms with van der Waals surface area (Å²) < 4.78 is 0. The van der Waals surface area contributed by atoms with Crippen LogP contribution < -0.4 is 5.32 Å². The van der Waals surface area contributed by atoms with Crippen LogP contribution in [0.25, 0.3) is 0 Å². The van der Waals surface area contributed by atoms with Gasteiger partial charge in [-0.3, -0.25) is 19.3 Å². The second kappa shape index (κ2) is 7.58. The first kappa shape index (κ1) is 14.3. The van der Waals surface area contributed by atoms with E-state index in [2.05, 4.69) is 5.32 Å². The SMILES string of the molecule is O=CCNC(=O)CCCCCN1C(=O)CCC1=O. The van der Waals surface area contributed by atoms with Crippen molar-refractivity contribution in [3.8, 4) is 0 Å². The largest absolute Gasteiger partial charge is 0.349 e. The van der Waals surface area contributed by atoms with Crippen LogP contribution in [-0.4, -0.2) is 42.0 Å². The summed E-state index contributed by atoms with van der Waals surface area (Å²) in [4.78, 5) is 45.0. The van der Waals surface area contributed by atoms with Gasteiger partial charge in [-0.1, -0.05) is 6.42 Å². The van der Waals surface area contributed by atoms with Crippen LogP contribution >= 0.6 is 0 Å². The molecule has 18 heavy (non-hydrogen) atoms. The van der Waals surface area contributed by atoms with Crippen LogP contribution in [0.15, 0.2) is 0 Å². The van der Waals surface area contributed by atoms with E-state index in [1.807, 2.05) is 0 Å². The van der Waals surface area contributed by atoms with Crippen molar-refractivity contribution >= 4 is 24.0 Å². The minimum atomic E-state index is -0.143. The van der Waals surface area contributed by atoms with Crippen molar-refractivity contribution in [3.05, 3.63) is 0 Å². The van der Waals surface area contributed by atoms with Gasteiger partial charge < -0.3 is 10.1 Å². The summed E-state index contributed by atoms with van der Waals surface area (Å²) in [6.45, 7) is 0.503. The average Bonchev–Trinajstić information content (AvgIpc) is 2.67. The molecule has 1 aliphatic heterocycles. The third-order valence-electron chi connectivity index (χ3n) is 2.82. The third kappa shape index (κ3) is 4.65. The maximum atomic E-state index is 11.3. The van der Waals surface area contributed by atoms with Gasteiger partial charge in [0.15, 0.2) is 0 Å². The summed E-state index contributed by atoms with van der Waals surface area (Å²) >= 11 is 0. The van der Waals surface area contributed by atoms with Crippen LogP contribution in [0.5, 0.6) is 0 Å². The molecule has 1 fully saturated rings. The first-order valence-electron chi connectivity index (χ1n) is 6.18. The molecule has 1 aliphatic rings. The van der Waals surface area contributed by atoms with Crippen LogP contribution in [0.3, 0.4) is 0 Å². The van der Waals surface area contributed by atoms with Crippen molar-refractivity contribution in [2.24, 2.45) is 0 Å². The lowest BCUT2D eigenvalue weighted by Crippen LogP contribution is -2.30. The molecular formula is C12H18N2O4. The normalized spacial score (nSPS) is 15.0. The van der Waals surface area contributed by atoms with Gasteiger partial charge in [-0.15, -0.1) is 0 Å². The molecule has 0 spiro atoms. The number of hydrogen-bond donors (Lipinski definition) is 1. The Hall–Kier alpha value is -1.72. The summed E-state index contributed by atoms with van der Waals surface area (Å²) in [7, 11) is 0. The molecule has 0 aliphatic carbocycles. The van der Waals surface area contributed by atoms with Crippen LogP contribution in [0.1, 0.15) is 38.5 Å². The summed E-state index contributed by atoms with van der Waals surface area (Å²) in [6, 6.07) is 0. The number of likely N-dealkylation sites (tertiary alicyclic amines) is 1. The van der Waals surface area contributed by atoms with Crippen LogP contribution in [0.4, 0.5) is 0 Å². The highest BCUT2D eigenvalue weighted by Gasteiger charge is 2.27. The van der Waals surface area contributed by atoms with Gasteiger partial charge in [-0.2, -0.15) is 0 Å². The highest BCUT2D eigenvalue weighted by atomic mass is 16.2. The van der Waals surface area contributed by atoms with Crippen LogP contribution in [0, 0.1) is 0 Å². The van der Waals surface area contributed by atoms with Gasteiger partial charge in [-0.05, 0) is 12.8 Å². The number of nitrogens with one attached hydrogen (secondary N) is 1. The van der Waals surface area contributed by atoms with E-state index in [-0.39, 0.29) is 24.3 Å². The summed E-state index contributed by atoms with van der Waals surface area (Å²) in [5.41, 5.74) is 0. The molecule has 0 atom stereocenters. The Bertz CT molecular complexity index is 325. The predicted octanol–water partition coefficient (Wildman–Crippen LogP) is 0.0109. The minimum Gasteiger partial charge on any atom is -0.349 e. The number of hydrogen-bond acceptors (Lipinski definition) is 4. The van der Waals surface area contributed by atoms with Crippen LogP contribution in [0.2, 0.25) is 0 Å². The van der Waals surface area contributed by atoms with E-state index < -0.39 is 0 Å². The molecule has 0 radical (unpaired) electrons. The Morgan fingerprint density at radius 3 is 2.44 bits per heavy atom. The lowest BCUT2D eigenvalue weighted by molar-refractivity contribution is -0.138. The minimum absolute atomic E-state index is 0.0512. The van der Waals surface area contributed by atoms with Gasteiger partial charge in [0.25, 0.3) is 0 Å². The highest BCUT2D eigenvalue weighted by Crippen LogP contribution is 2.13. The fourth-order valence-corrected chi connectivity index (χ4v) is 1.85. The number of carbonyl (C=O) groups is 4. The van der Waals surface area contributed by atoms with E-state index in [0.717, 1.165) is 12.8 Å². The van der Waals surface area contributed by atoms with Gasteiger partial charge in [0.1, 0.15) is 6.29 Å². The van der Waals surface area contributed by atoms with Crippen molar-refractivity contribution in [1.82, 2.24) is 10.2 Å². The van der Waals surface area contributed by atoms with Crippen LogP contribution in [-0.2, 0) is 19.2 Å². The Labute approximate surface area is 106 Å². The number of imide groups is 1. The smallest absolute Gasteiger partial charge is 0.229 e. The second-order valence-electron chi connectivity index (χ2n) is 4.22. The highest BCUT2D eigenvalue weighted by molar-refractivity contribution is 6.01. The summed E-state index contributed by atoms with van der Waals surface area (Å²) in [5.74, 6) is -0.331. The summed E-state index contributed by atoms with van der Waals surface area (Å²) in [6.07, 6.45) is 3.86. The number of unbranched alkanes of at least 4 members (excludes halogenated alkanes) is 2. The molecule has 6 heteroatoms. The molecule has 0 saturated carbocycles. The Morgan fingerprint density at radius 2 is 1.83 bits per heavy atom. The number of amides is 3. The fraction of sp³-hybridized carbons (Fsp3) is 0.667. The van der Waals surface area contributed by atoms with Crippen molar-refractivity contribution in [2.45, 2.75) is 38.5 Å². The molecule has 1 heterocycles. The number of aldehydes is 1. The van der Waals surface area contributed by atoms with Gasteiger partial charge in [0, 0.05) is 25.8 Å². The van der Waals surface area contributed by atoms with E-state index in [1.54, 1.807) is 0 Å². The van der Waals surface area contributed by atoms with E-state index in [9.17, 15) is 19.2 Å². The van der Waals surface area contributed by atoms with E-state index in [4.69, 9.17) is 0 Å². The Morgan fingerprint density at radius 1 is 1.17 bits per heavy atom. The van der Waals surface area contributed by atoms with Crippen molar-refractivity contribution in [1.29, 1.82) is 0 Å². The topological polar surface area (TPSA) is 83.6 Å². The monoisotopic (exact) mass is 254 g/mol. The first-order chi connectivity index (χ1) is 8.65. The van der Waals surface area contributed by atoms with E-state index >= 15 is 0 Å². The first-order valence-corrected chi connectivity index (χ1v) is 6.18. The Kier molecular flexibility index (Phi) is 6.04. The van der Waals surface area contributed by atoms with Gasteiger partial charge in [-0.25, -0.2) is 0 Å². The molecule has 0 aromatic rings. The van der Waals surface area contributed by atoms with Gasteiger partial charge in [0.2, 0.25) is 17.7 Å². The third-order valence-corrected chi connectivity index (χ3v) is 2.82. The molecule has 100 valence electrons. The molecular weight excluding hydrogens is 236 g/mol. The zero-order valence-corrected chi connectivity index (χ0v) is 10.3. The summed E-state index contributed by atoms with van der Waals surface area (Å²) in [5, 5.41) is 2.45. The quantitative estimate of drug-likeness (QED) is 0.376. The number of carbonyl (C=O) groups excluding carboxylic acids is 4. The van der Waals surface area contributed by atoms with E-state index in [0.29, 0.717) is 38.5 Å². The van der Waals surface area contributed by atoms with Gasteiger partial charge in [0.05, 0.1) is 6.54 Å². The van der Waals surface area contributed by atoms with Crippen molar-refractivity contribution in [3.63, 3.8) is 0 Å². The number of nitrogens with zero attached hydrogens (tertiary/aromatic N) is 1. The lowest BCUT2D eigenvalue weighted by atomic mass is 10.2. The molecule has 0 aromatic heterocycles. The van der Waals surface area contributed by atoms with Crippen molar-refractivity contribution < 1.29 is 19.2 Å². The molecule has 1 rings (SSSR count). The standard InChI is InChI=1S/C12H18N2O4/c15-9-7-13-10(16)4-2-1-3-8-14-11(17)5-6-12(14)18/h9H,1-8H2,(H,13,16). The molecule has 1 N–H and O–H groups in total. The zero-order valence-electron chi connectivity index (χ0n) is 10.3. The molecule has 0 bridgehead atoms. The Balaban J connectivity index is 2.05. The maximum Gasteiger partial charge on any atom is 0.229 e. The fourth-order valence-electron chi connectivity index (χ4n) is 1.85. The average molecular weight is 254 g/mol. The molecule has 6 nitrogen and oxygen atoms in total. The maximum absolute atomic E-state index is 11.3. The molecule has 0 unspecified atom stereocenters. The molecule has 1 saturated heterocycles.